The maximum Gasteiger partial charge on any atom is 0.255 e. The number of anilines is 1. The van der Waals surface area contributed by atoms with E-state index in [0.717, 1.165) is 17.0 Å². The summed E-state index contributed by atoms with van der Waals surface area (Å²) in [5, 5.41) is 2.89. The van der Waals surface area contributed by atoms with Gasteiger partial charge in [0.15, 0.2) is 0 Å². The van der Waals surface area contributed by atoms with E-state index in [1.807, 2.05) is 61.5 Å². The number of benzene rings is 3. The van der Waals surface area contributed by atoms with Gasteiger partial charge >= 0.3 is 0 Å². The van der Waals surface area contributed by atoms with Crippen molar-refractivity contribution in [2.75, 3.05) is 19.0 Å². The van der Waals surface area contributed by atoms with Crippen LogP contribution in [0.25, 0.3) is 0 Å². The van der Waals surface area contributed by atoms with E-state index in [1.54, 1.807) is 25.3 Å². The van der Waals surface area contributed by atoms with E-state index in [1.165, 1.54) is 0 Å². The number of methoxy groups -OCH3 is 1. The Morgan fingerprint density at radius 2 is 1.61 bits per heavy atom. The van der Waals surface area contributed by atoms with Crippen LogP contribution >= 0.6 is 0 Å². The number of amides is 1. The van der Waals surface area contributed by atoms with E-state index in [2.05, 4.69) is 5.32 Å². The van der Waals surface area contributed by atoms with Crippen LogP contribution in [-0.4, -0.2) is 19.6 Å². The van der Waals surface area contributed by atoms with Crippen molar-refractivity contribution in [1.29, 1.82) is 0 Å². The van der Waals surface area contributed by atoms with Gasteiger partial charge in [-0.15, -0.1) is 0 Å². The maximum atomic E-state index is 12.6. The van der Waals surface area contributed by atoms with Crippen molar-refractivity contribution in [3.05, 3.63) is 83.9 Å². The molecule has 3 aromatic carbocycles. The summed E-state index contributed by atoms with van der Waals surface area (Å²) in [7, 11) is 1.62. The Kier molecular flexibility index (Phi) is 6.52. The highest BCUT2D eigenvalue weighted by molar-refractivity contribution is 6.04. The Balaban J connectivity index is 1.75. The zero-order chi connectivity index (χ0) is 19.8. The molecule has 0 heterocycles. The number of rotatable bonds is 8. The Labute approximate surface area is 164 Å². The molecule has 0 aliphatic rings. The van der Waals surface area contributed by atoms with Gasteiger partial charge in [-0.25, -0.2) is 0 Å². The topological polar surface area (TPSA) is 56.8 Å². The average Bonchev–Trinajstić information content (AvgIpc) is 2.74. The molecule has 1 N–H and O–H groups in total. The molecule has 0 aliphatic heterocycles. The fraction of sp³-hybridized carbons (Fsp3) is 0.174. The fourth-order valence-corrected chi connectivity index (χ4v) is 2.69. The van der Waals surface area contributed by atoms with Gasteiger partial charge in [0, 0.05) is 16.8 Å². The summed E-state index contributed by atoms with van der Waals surface area (Å²) in [6.45, 7) is 2.74. The Bertz CT molecular complexity index is 908. The maximum absolute atomic E-state index is 12.6. The first-order valence-electron chi connectivity index (χ1n) is 9.08. The van der Waals surface area contributed by atoms with Crippen LogP contribution in [0.15, 0.2) is 72.8 Å². The van der Waals surface area contributed by atoms with Crippen molar-refractivity contribution >= 4 is 11.6 Å². The van der Waals surface area contributed by atoms with Crippen molar-refractivity contribution in [3.63, 3.8) is 0 Å². The second kappa shape index (κ2) is 9.46. The van der Waals surface area contributed by atoms with Gasteiger partial charge < -0.3 is 19.5 Å². The first kappa shape index (κ1) is 19.3. The summed E-state index contributed by atoms with van der Waals surface area (Å²) in [5.74, 6) is 2.00. The van der Waals surface area contributed by atoms with Crippen LogP contribution in [0, 0.1) is 0 Å². The van der Waals surface area contributed by atoms with Crippen molar-refractivity contribution in [1.82, 2.24) is 0 Å². The second-order valence-corrected chi connectivity index (χ2v) is 6.04. The first-order chi connectivity index (χ1) is 13.7. The first-order valence-corrected chi connectivity index (χ1v) is 9.08. The van der Waals surface area contributed by atoms with Gasteiger partial charge in [0.05, 0.1) is 13.7 Å². The minimum Gasteiger partial charge on any atom is -0.497 e. The van der Waals surface area contributed by atoms with Crippen LogP contribution in [0.4, 0.5) is 5.69 Å². The summed E-state index contributed by atoms with van der Waals surface area (Å²) in [6.07, 6.45) is 0. The molecule has 5 heteroatoms. The van der Waals surface area contributed by atoms with Crippen molar-refractivity contribution < 1.29 is 19.0 Å². The molecule has 0 bridgehead atoms. The van der Waals surface area contributed by atoms with E-state index in [-0.39, 0.29) is 12.5 Å². The van der Waals surface area contributed by atoms with E-state index in [9.17, 15) is 4.79 Å². The van der Waals surface area contributed by atoms with Crippen LogP contribution in [0.1, 0.15) is 22.8 Å². The number of hydrogen-bond donors (Lipinski definition) is 1. The van der Waals surface area contributed by atoms with Crippen LogP contribution < -0.4 is 19.5 Å². The fourth-order valence-electron chi connectivity index (χ4n) is 2.69. The molecule has 3 rings (SSSR count). The van der Waals surface area contributed by atoms with E-state index in [4.69, 9.17) is 14.2 Å². The molecule has 0 saturated heterocycles. The molecule has 0 unspecified atom stereocenters. The molecule has 0 aromatic heterocycles. The third kappa shape index (κ3) is 5.04. The van der Waals surface area contributed by atoms with Crippen molar-refractivity contribution in [2.45, 2.75) is 13.5 Å². The summed E-state index contributed by atoms with van der Waals surface area (Å²) in [6, 6.07) is 22.1. The third-order valence-corrected chi connectivity index (χ3v) is 4.11. The van der Waals surface area contributed by atoms with Gasteiger partial charge in [-0.2, -0.15) is 0 Å². The monoisotopic (exact) mass is 377 g/mol. The van der Waals surface area contributed by atoms with Gasteiger partial charge in [0.25, 0.3) is 5.91 Å². The highest BCUT2D eigenvalue weighted by Crippen LogP contribution is 2.24. The van der Waals surface area contributed by atoms with Crippen LogP contribution in [-0.2, 0) is 6.61 Å². The zero-order valence-corrected chi connectivity index (χ0v) is 16.0. The smallest absolute Gasteiger partial charge is 0.255 e. The molecule has 0 fully saturated rings. The van der Waals surface area contributed by atoms with Crippen LogP contribution in [0.3, 0.4) is 0 Å². The standard InChI is InChI=1S/C23H23NO4/c1-3-27-22-14-9-17(23(25)24-19-7-5-4-6-8-19)15-18(22)16-28-21-12-10-20(26-2)11-13-21/h4-15H,3,16H2,1-2H3,(H,24,25). The van der Waals surface area contributed by atoms with Crippen molar-refractivity contribution in [3.8, 4) is 17.2 Å². The number of ether oxygens (including phenoxy) is 3. The summed E-state index contributed by atoms with van der Waals surface area (Å²) < 4.78 is 16.7. The van der Waals surface area contributed by atoms with Crippen molar-refractivity contribution in [2.24, 2.45) is 0 Å². The largest absolute Gasteiger partial charge is 0.497 e. The SMILES string of the molecule is CCOc1ccc(C(=O)Nc2ccccc2)cc1COc1ccc(OC)cc1. The minimum absolute atomic E-state index is 0.181. The predicted octanol–water partition coefficient (Wildman–Crippen LogP) is 4.93. The molecule has 0 aliphatic carbocycles. The molecule has 0 spiro atoms. The quantitative estimate of drug-likeness (QED) is 0.605. The van der Waals surface area contributed by atoms with Gasteiger partial charge in [-0.3, -0.25) is 4.79 Å². The lowest BCUT2D eigenvalue weighted by Gasteiger charge is -2.14. The molecule has 0 radical (unpaired) electrons. The predicted molar refractivity (Wildman–Crippen MR) is 109 cm³/mol. The Morgan fingerprint density at radius 1 is 0.893 bits per heavy atom. The highest BCUT2D eigenvalue weighted by Gasteiger charge is 2.12. The highest BCUT2D eigenvalue weighted by atomic mass is 16.5. The second-order valence-electron chi connectivity index (χ2n) is 6.04. The van der Waals surface area contributed by atoms with Crippen LogP contribution in [0.5, 0.6) is 17.2 Å². The third-order valence-electron chi connectivity index (χ3n) is 4.11. The van der Waals surface area contributed by atoms with E-state index in [0.29, 0.717) is 23.7 Å². The molecule has 3 aromatic rings. The van der Waals surface area contributed by atoms with E-state index < -0.39 is 0 Å². The molecule has 0 saturated carbocycles. The molecule has 1 amide bonds. The molecule has 5 nitrogen and oxygen atoms in total. The van der Waals surface area contributed by atoms with Gasteiger partial charge in [0.1, 0.15) is 23.9 Å². The number of carbonyl (C=O) groups excluding carboxylic acids is 1. The average molecular weight is 377 g/mol. The lowest BCUT2D eigenvalue weighted by atomic mass is 10.1. The minimum atomic E-state index is -0.181. The van der Waals surface area contributed by atoms with E-state index >= 15 is 0 Å². The molecule has 144 valence electrons. The van der Waals surface area contributed by atoms with Gasteiger partial charge in [0.2, 0.25) is 0 Å². The van der Waals surface area contributed by atoms with Gasteiger partial charge in [-0.05, 0) is 61.5 Å². The number of nitrogens with one attached hydrogen (secondary N) is 1. The summed E-state index contributed by atoms with van der Waals surface area (Å²) in [5.41, 5.74) is 2.09. The molecule has 28 heavy (non-hydrogen) atoms. The Hall–Kier alpha value is -3.47. The number of carbonyl (C=O) groups is 1. The summed E-state index contributed by atoms with van der Waals surface area (Å²) in [4.78, 5) is 12.6. The Morgan fingerprint density at radius 3 is 2.29 bits per heavy atom. The lowest BCUT2D eigenvalue weighted by molar-refractivity contribution is 0.102. The lowest BCUT2D eigenvalue weighted by Crippen LogP contribution is -2.13. The molecule has 0 atom stereocenters. The van der Waals surface area contributed by atoms with Crippen LogP contribution in [0.2, 0.25) is 0 Å². The number of para-hydroxylation sites is 1. The zero-order valence-electron chi connectivity index (χ0n) is 16.0. The number of hydrogen-bond acceptors (Lipinski definition) is 4. The summed E-state index contributed by atoms with van der Waals surface area (Å²) >= 11 is 0. The molecular weight excluding hydrogens is 354 g/mol. The molecular formula is C23H23NO4. The van der Waals surface area contributed by atoms with Gasteiger partial charge in [-0.1, -0.05) is 18.2 Å². The normalized spacial score (nSPS) is 10.2.